The Kier molecular flexibility index (Phi) is 3.31. The Morgan fingerprint density at radius 2 is 1.90 bits per heavy atom. The summed E-state index contributed by atoms with van der Waals surface area (Å²) in [6.45, 7) is 4.18. The van der Waals surface area contributed by atoms with Gasteiger partial charge in [0, 0.05) is 10.8 Å². The van der Waals surface area contributed by atoms with Gasteiger partial charge in [0.2, 0.25) is 0 Å². The molecule has 0 aliphatic carbocycles. The van der Waals surface area contributed by atoms with Gasteiger partial charge in [-0.1, -0.05) is 43.7 Å². The van der Waals surface area contributed by atoms with Gasteiger partial charge in [-0.25, -0.2) is 4.79 Å². The molecule has 3 rings (SSSR count). The predicted molar refractivity (Wildman–Crippen MR) is 83.3 cm³/mol. The van der Waals surface area contributed by atoms with Gasteiger partial charge < -0.3 is 4.42 Å². The zero-order chi connectivity index (χ0) is 14.1. The van der Waals surface area contributed by atoms with Crippen molar-refractivity contribution in [2.45, 2.75) is 33.1 Å². The van der Waals surface area contributed by atoms with Gasteiger partial charge in [0.1, 0.15) is 5.58 Å². The zero-order valence-electron chi connectivity index (χ0n) is 11.9. The van der Waals surface area contributed by atoms with Crippen molar-refractivity contribution in [2.24, 2.45) is 0 Å². The maximum Gasteiger partial charge on any atom is 0.344 e. The molecule has 1 heterocycles. The highest BCUT2D eigenvalue weighted by Crippen LogP contribution is 2.26. The van der Waals surface area contributed by atoms with E-state index in [2.05, 4.69) is 19.1 Å². The number of hydrogen-bond donors (Lipinski definition) is 0. The Labute approximate surface area is 118 Å². The second-order valence-electron chi connectivity index (χ2n) is 5.32. The van der Waals surface area contributed by atoms with Crippen molar-refractivity contribution in [3.63, 3.8) is 0 Å². The Bertz CT molecular complexity index is 828. The molecule has 20 heavy (non-hydrogen) atoms. The topological polar surface area (TPSA) is 30.2 Å². The summed E-state index contributed by atoms with van der Waals surface area (Å²) in [7, 11) is 0. The second kappa shape index (κ2) is 5.12. The second-order valence-corrected chi connectivity index (χ2v) is 5.32. The van der Waals surface area contributed by atoms with Crippen molar-refractivity contribution in [3.05, 3.63) is 57.9 Å². The number of fused-ring (bicyclic) bond motifs is 3. The van der Waals surface area contributed by atoms with E-state index in [-0.39, 0.29) is 5.63 Å². The normalized spacial score (nSPS) is 11.3. The first-order valence-corrected chi connectivity index (χ1v) is 7.16. The average Bonchev–Trinajstić information content (AvgIpc) is 2.44. The molecule has 0 fully saturated rings. The molecule has 2 aromatic carbocycles. The van der Waals surface area contributed by atoms with Crippen LogP contribution in [0.1, 0.15) is 30.9 Å². The monoisotopic (exact) mass is 266 g/mol. The number of unbranched alkanes of at least 4 members (excludes halogenated alkanes) is 1. The highest BCUT2D eigenvalue weighted by atomic mass is 16.4. The van der Waals surface area contributed by atoms with Crippen LogP contribution in [0.15, 0.2) is 45.6 Å². The summed E-state index contributed by atoms with van der Waals surface area (Å²) in [6.07, 6.45) is 3.40. The van der Waals surface area contributed by atoms with E-state index in [1.54, 1.807) is 0 Å². The molecule has 0 aliphatic rings. The zero-order valence-corrected chi connectivity index (χ0v) is 11.9. The van der Waals surface area contributed by atoms with Crippen molar-refractivity contribution in [1.82, 2.24) is 0 Å². The molecule has 3 aromatic rings. The molecular formula is C18H18O2. The molecule has 102 valence electrons. The van der Waals surface area contributed by atoms with E-state index in [0.29, 0.717) is 11.0 Å². The third-order valence-corrected chi connectivity index (χ3v) is 3.80. The molecule has 1 aromatic heterocycles. The van der Waals surface area contributed by atoms with Crippen molar-refractivity contribution < 1.29 is 4.42 Å². The highest BCUT2D eigenvalue weighted by Gasteiger charge is 2.10. The molecule has 0 spiro atoms. The predicted octanol–water partition coefficient (Wildman–Crippen LogP) is 4.60. The third kappa shape index (κ3) is 2.11. The molecule has 0 aliphatic heterocycles. The molecule has 0 amide bonds. The van der Waals surface area contributed by atoms with E-state index in [4.69, 9.17) is 4.42 Å². The first-order chi connectivity index (χ1) is 9.70. The van der Waals surface area contributed by atoms with Gasteiger partial charge in [-0.3, -0.25) is 0 Å². The fourth-order valence-electron chi connectivity index (χ4n) is 2.80. The largest absolute Gasteiger partial charge is 0.422 e. The Morgan fingerprint density at radius 1 is 1.10 bits per heavy atom. The number of para-hydroxylation sites is 1. The highest BCUT2D eigenvalue weighted by molar-refractivity contribution is 6.05. The summed E-state index contributed by atoms with van der Waals surface area (Å²) in [5, 5.41) is 2.75. The van der Waals surface area contributed by atoms with Crippen LogP contribution in [0.3, 0.4) is 0 Å². The van der Waals surface area contributed by atoms with Gasteiger partial charge in [0.05, 0.1) is 5.39 Å². The SMILES string of the molecule is CCCCc1cc(C)c2c(=O)oc3ccccc3c2c1. The van der Waals surface area contributed by atoms with E-state index < -0.39 is 0 Å². The lowest BCUT2D eigenvalue weighted by molar-refractivity contribution is 0.569. The fourth-order valence-corrected chi connectivity index (χ4v) is 2.80. The maximum absolute atomic E-state index is 12.2. The minimum Gasteiger partial charge on any atom is -0.422 e. The van der Waals surface area contributed by atoms with Gasteiger partial charge >= 0.3 is 5.63 Å². The average molecular weight is 266 g/mol. The minimum absolute atomic E-state index is 0.238. The van der Waals surface area contributed by atoms with E-state index in [0.717, 1.165) is 22.8 Å². The Morgan fingerprint density at radius 3 is 2.70 bits per heavy atom. The molecule has 0 unspecified atom stereocenters. The number of hydrogen-bond acceptors (Lipinski definition) is 2. The minimum atomic E-state index is -0.238. The Hall–Kier alpha value is -2.09. The standard InChI is InChI=1S/C18H18O2/c1-3-4-7-13-10-12(2)17-15(11-13)14-8-5-6-9-16(14)20-18(17)19/h5-6,8-11H,3-4,7H2,1-2H3. The lowest BCUT2D eigenvalue weighted by atomic mass is 9.98. The van der Waals surface area contributed by atoms with Crippen LogP contribution in [0.4, 0.5) is 0 Å². The Balaban J connectivity index is 2.37. The summed E-state index contributed by atoms with van der Waals surface area (Å²) in [6, 6.07) is 12.0. The van der Waals surface area contributed by atoms with Crippen LogP contribution in [0.2, 0.25) is 0 Å². The van der Waals surface area contributed by atoms with Crippen molar-refractivity contribution >= 4 is 21.7 Å². The van der Waals surface area contributed by atoms with Gasteiger partial charge in [0.15, 0.2) is 0 Å². The lowest BCUT2D eigenvalue weighted by Gasteiger charge is -2.08. The lowest BCUT2D eigenvalue weighted by Crippen LogP contribution is -2.03. The van der Waals surface area contributed by atoms with E-state index in [1.807, 2.05) is 31.2 Å². The van der Waals surface area contributed by atoms with E-state index in [9.17, 15) is 4.79 Å². The van der Waals surface area contributed by atoms with Crippen molar-refractivity contribution in [2.75, 3.05) is 0 Å². The van der Waals surface area contributed by atoms with Crippen LogP contribution >= 0.6 is 0 Å². The van der Waals surface area contributed by atoms with Crippen LogP contribution in [-0.2, 0) is 6.42 Å². The van der Waals surface area contributed by atoms with Crippen molar-refractivity contribution in [3.8, 4) is 0 Å². The maximum atomic E-state index is 12.2. The summed E-state index contributed by atoms with van der Waals surface area (Å²) in [4.78, 5) is 12.2. The first kappa shape index (κ1) is 12.9. The van der Waals surface area contributed by atoms with E-state index in [1.165, 1.54) is 18.4 Å². The van der Waals surface area contributed by atoms with Crippen molar-refractivity contribution in [1.29, 1.82) is 0 Å². The number of rotatable bonds is 3. The first-order valence-electron chi connectivity index (χ1n) is 7.16. The molecule has 0 saturated heterocycles. The third-order valence-electron chi connectivity index (χ3n) is 3.80. The van der Waals surface area contributed by atoms with E-state index >= 15 is 0 Å². The van der Waals surface area contributed by atoms with Crippen LogP contribution < -0.4 is 5.63 Å². The fraction of sp³-hybridized carbons (Fsp3) is 0.278. The molecule has 0 atom stereocenters. The molecule has 0 N–H and O–H groups in total. The van der Waals surface area contributed by atoms with Crippen LogP contribution in [-0.4, -0.2) is 0 Å². The molecule has 0 saturated carbocycles. The van der Waals surface area contributed by atoms with Gasteiger partial charge in [-0.15, -0.1) is 0 Å². The van der Waals surface area contributed by atoms with Gasteiger partial charge in [-0.2, -0.15) is 0 Å². The molecule has 0 bridgehead atoms. The quantitative estimate of drug-likeness (QED) is 0.512. The smallest absolute Gasteiger partial charge is 0.344 e. The summed E-state index contributed by atoms with van der Waals surface area (Å²) < 4.78 is 5.42. The molecule has 2 nitrogen and oxygen atoms in total. The summed E-state index contributed by atoms with van der Waals surface area (Å²) in [5.74, 6) is 0. The summed E-state index contributed by atoms with van der Waals surface area (Å²) >= 11 is 0. The van der Waals surface area contributed by atoms with Gasteiger partial charge in [-0.05, 0) is 37.0 Å². The van der Waals surface area contributed by atoms with Crippen LogP contribution in [0.5, 0.6) is 0 Å². The van der Waals surface area contributed by atoms with Crippen LogP contribution in [0, 0.1) is 6.92 Å². The molecule has 0 radical (unpaired) electrons. The molecule has 2 heteroatoms. The molecular weight excluding hydrogens is 248 g/mol. The van der Waals surface area contributed by atoms with Crippen LogP contribution in [0.25, 0.3) is 21.7 Å². The van der Waals surface area contributed by atoms with Gasteiger partial charge in [0.25, 0.3) is 0 Å². The number of aryl methyl sites for hydroxylation is 2. The number of benzene rings is 2. The summed E-state index contributed by atoms with van der Waals surface area (Å²) in [5.41, 5.74) is 2.73.